The van der Waals surface area contributed by atoms with E-state index in [2.05, 4.69) is 14.7 Å². The number of rotatable bonds is 5. The predicted molar refractivity (Wildman–Crippen MR) is 114 cm³/mol. The molecule has 0 amide bonds. The third-order valence-electron chi connectivity index (χ3n) is 4.43. The Bertz CT molecular complexity index is 1330. The molecule has 1 heterocycles. The van der Waals surface area contributed by atoms with Gasteiger partial charge in [0.1, 0.15) is 5.82 Å². The topological polar surface area (TPSA) is 91.9 Å². The highest BCUT2D eigenvalue weighted by Crippen LogP contribution is 2.28. The fraction of sp³-hybridized carbons (Fsp3) is 0.0476. The maximum Gasteiger partial charge on any atom is 0.261 e. The van der Waals surface area contributed by atoms with Gasteiger partial charge in [-0.25, -0.2) is 13.4 Å². The summed E-state index contributed by atoms with van der Waals surface area (Å²) in [5.41, 5.74) is 2.97. The van der Waals surface area contributed by atoms with Crippen LogP contribution in [0.3, 0.4) is 0 Å². The molecule has 0 aliphatic carbocycles. The molecule has 3 aromatic carbocycles. The van der Waals surface area contributed by atoms with E-state index < -0.39 is 10.0 Å². The third-order valence-corrected chi connectivity index (χ3v) is 6.16. The van der Waals surface area contributed by atoms with Gasteiger partial charge >= 0.3 is 0 Å². The highest BCUT2D eigenvalue weighted by atomic mass is 35.5. The van der Waals surface area contributed by atoms with Crippen molar-refractivity contribution in [2.45, 2.75) is 11.8 Å². The molecular formula is C21H16ClN3O3S. The van der Waals surface area contributed by atoms with Gasteiger partial charge in [0.2, 0.25) is 0 Å². The van der Waals surface area contributed by atoms with Gasteiger partial charge in [0.25, 0.3) is 10.0 Å². The van der Waals surface area contributed by atoms with Crippen molar-refractivity contribution in [2.24, 2.45) is 0 Å². The van der Waals surface area contributed by atoms with Crippen LogP contribution in [0.25, 0.3) is 22.4 Å². The van der Waals surface area contributed by atoms with E-state index in [1.54, 1.807) is 24.3 Å². The molecule has 0 aliphatic rings. The molecule has 1 aromatic heterocycles. The number of anilines is 1. The number of carbonyl (C=O) groups is 1. The van der Waals surface area contributed by atoms with E-state index in [0.717, 1.165) is 5.56 Å². The van der Waals surface area contributed by atoms with Crippen molar-refractivity contribution in [3.63, 3.8) is 0 Å². The van der Waals surface area contributed by atoms with Crippen LogP contribution >= 0.6 is 11.6 Å². The van der Waals surface area contributed by atoms with E-state index in [1.165, 1.54) is 31.2 Å². The second-order valence-electron chi connectivity index (χ2n) is 6.48. The minimum Gasteiger partial charge on any atom is -0.338 e. The monoisotopic (exact) mass is 425 g/mol. The fourth-order valence-electron chi connectivity index (χ4n) is 2.94. The molecule has 0 radical (unpaired) electrons. The second-order valence-corrected chi connectivity index (χ2v) is 8.57. The van der Waals surface area contributed by atoms with Crippen molar-refractivity contribution in [3.05, 3.63) is 77.3 Å². The fourth-order valence-corrected chi connectivity index (χ4v) is 4.21. The van der Waals surface area contributed by atoms with Crippen molar-refractivity contribution in [2.75, 3.05) is 4.72 Å². The number of benzene rings is 3. The lowest BCUT2D eigenvalue weighted by Gasteiger charge is -2.08. The number of carbonyl (C=O) groups excluding carboxylic acids is 1. The van der Waals surface area contributed by atoms with Crippen LogP contribution < -0.4 is 4.72 Å². The molecule has 0 bridgehead atoms. The Labute approximate surface area is 172 Å². The van der Waals surface area contributed by atoms with Gasteiger partial charge in [-0.2, -0.15) is 0 Å². The standard InChI is InChI=1S/C21H16ClN3O3S/c1-13(26)14-6-9-16(10-7-14)29(27,28)25-15-8-11-19-20(12-15)24-21(23-19)17-4-2-3-5-18(17)22/h2-12,25H,1H3,(H,23,24). The number of aromatic nitrogens is 2. The Kier molecular flexibility index (Phi) is 4.86. The van der Waals surface area contributed by atoms with E-state index in [9.17, 15) is 13.2 Å². The van der Waals surface area contributed by atoms with Crippen molar-refractivity contribution in [1.82, 2.24) is 9.97 Å². The Morgan fingerprint density at radius 1 is 1.03 bits per heavy atom. The zero-order valence-corrected chi connectivity index (χ0v) is 16.9. The molecule has 8 heteroatoms. The number of aromatic amines is 1. The number of hydrogen-bond donors (Lipinski definition) is 2. The molecule has 4 rings (SSSR count). The summed E-state index contributed by atoms with van der Waals surface area (Å²) < 4.78 is 27.9. The highest BCUT2D eigenvalue weighted by molar-refractivity contribution is 7.92. The highest BCUT2D eigenvalue weighted by Gasteiger charge is 2.16. The van der Waals surface area contributed by atoms with Gasteiger partial charge in [-0.1, -0.05) is 35.9 Å². The molecule has 146 valence electrons. The number of Topliss-reactive ketones (excluding diaryl/α,β-unsaturated/α-hetero) is 1. The number of imidazole rings is 1. The summed E-state index contributed by atoms with van der Waals surface area (Å²) >= 11 is 6.23. The molecule has 29 heavy (non-hydrogen) atoms. The lowest BCUT2D eigenvalue weighted by Crippen LogP contribution is -2.13. The molecule has 4 aromatic rings. The average molecular weight is 426 g/mol. The summed E-state index contributed by atoms with van der Waals surface area (Å²) in [6.07, 6.45) is 0. The summed E-state index contributed by atoms with van der Waals surface area (Å²) in [4.78, 5) is 19.1. The molecule has 0 atom stereocenters. The van der Waals surface area contributed by atoms with Crippen LogP contribution in [0.2, 0.25) is 5.02 Å². The maximum absolute atomic E-state index is 12.7. The number of nitrogens with one attached hydrogen (secondary N) is 2. The van der Waals surface area contributed by atoms with Crippen LogP contribution in [0.1, 0.15) is 17.3 Å². The van der Waals surface area contributed by atoms with Crippen LogP contribution in [-0.4, -0.2) is 24.2 Å². The molecule has 0 saturated carbocycles. The van der Waals surface area contributed by atoms with E-state index in [4.69, 9.17) is 11.6 Å². The first-order valence-corrected chi connectivity index (χ1v) is 10.6. The van der Waals surface area contributed by atoms with Crippen molar-refractivity contribution >= 4 is 44.1 Å². The average Bonchev–Trinajstić information content (AvgIpc) is 3.11. The van der Waals surface area contributed by atoms with Crippen LogP contribution in [0.4, 0.5) is 5.69 Å². The lowest BCUT2D eigenvalue weighted by molar-refractivity contribution is 0.101. The zero-order chi connectivity index (χ0) is 20.6. The molecule has 2 N–H and O–H groups in total. The maximum atomic E-state index is 12.7. The molecule has 0 saturated heterocycles. The largest absolute Gasteiger partial charge is 0.338 e. The van der Waals surface area contributed by atoms with Crippen LogP contribution in [-0.2, 0) is 10.0 Å². The Balaban J connectivity index is 1.64. The van der Waals surface area contributed by atoms with E-state index >= 15 is 0 Å². The van der Waals surface area contributed by atoms with Gasteiger partial charge in [-0.3, -0.25) is 9.52 Å². The summed E-state index contributed by atoms with van der Waals surface area (Å²) in [7, 11) is -3.79. The first-order chi connectivity index (χ1) is 13.8. The molecule has 0 unspecified atom stereocenters. The predicted octanol–water partition coefficient (Wildman–Crippen LogP) is 4.89. The Hall–Kier alpha value is -3.16. The molecule has 0 aliphatic heterocycles. The SMILES string of the molecule is CC(=O)c1ccc(S(=O)(=O)Nc2ccc3nc(-c4ccccc4Cl)[nH]c3c2)cc1. The third kappa shape index (κ3) is 3.87. The summed E-state index contributed by atoms with van der Waals surface area (Å²) in [5.74, 6) is 0.478. The minimum atomic E-state index is -3.79. The lowest BCUT2D eigenvalue weighted by atomic mass is 10.2. The number of fused-ring (bicyclic) bond motifs is 1. The molecule has 6 nitrogen and oxygen atoms in total. The Morgan fingerprint density at radius 3 is 2.45 bits per heavy atom. The number of halogens is 1. The summed E-state index contributed by atoms with van der Waals surface area (Å²) in [5, 5.41) is 0.571. The van der Waals surface area contributed by atoms with Crippen molar-refractivity contribution in [1.29, 1.82) is 0 Å². The van der Waals surface area contributed by atoms with Crippen molar-refractivity contribution < 1.29 is 13.2 Å². The van der Waals surface area contributed by atoms with E-state index in [-0.39, 0.29) is 10.7 Å². The van der Waals surface area contributed by atoms with Crippen LogP contribution in [0.5, 0.6) is 0 Å². The number of ketones is 1. The van der Waals surface area contributed by atoms with Gasteiger partial charge < -0.3 is 4.98 Å². The van der Waals surface area contributed by atoms with Gasteiger partial charge in [0.15, 0.2) is 5.78 Å². The van der Waals surface area contributed by atoms with Gasteiger partial charge in [0, 0.05) is 11.1 Å². The van der Waals surface area contributed by atoms with Gasteiger partial charge in [-0.05, 0) is 49.4 Å². The number of sulfonamides is 1. The number of hydrogen-bond acceptors (Lipinski definition) is 4. The van der Waals surface area contributed by atoms with Crippen LogP contribution in [0.15, 0.2) is 71.6 Å². The number of H-pyrrole nitrogens is 1. The minimum absolute atomic E-state index is 0.0731. The first kappa shape index (κ1) is 19.2. The van der Waals surface area contributed by atoms with E-state index in [1.807, 2.05) is 18.2 Å². The quantitative estimate of drug-likeness (QED) is 0.445. The van der Waals surface area contributed by atoms with Gasteiger partial charge in [0.05, 0.1) is 26.6 Å². The van der Waals surface area contributed by atoms with E-state index in [0.29, 0.717) is 33.1 Å². The van der Waals surface area contributed by atoms with Gasteiger partial charge in [-0.15, -0.1) is 0 Å². The smallest absolute Gasteiger partial charge is 0.261 e. The molecular weight excluding hydrogens is 410 g/mol. The zero-order valence-electron chi connectivity index (χ0n) is 15.3. The molecule has 0 spiro atoms. The second kappa shape index (κ2) is 7.35. The van der Waals surface area contributed by atoms with Crippen LogP contribution in [0, 0.1) is 0 Å². The summed E-state index contributed by atoms with van der Waals surface area (Å²) in [6, 6.07) is 18.2. The van der Waals surface area contributed by atoms with Crippen molar-refractivity contribution in [3.8, 4) is 11.4 Å². The normalized spacial score (nSPS) is 11.5. The number of nitrogens with zero attached hydrogens (tertiary/aromatic N) is 1. The molecule has 0 fully saturated rings. The Morgan fingerprint density at radius 2 is 1.76 bits per heavy atom. The summed E-state index contributed by atoms with van der Waals surface area (Å²) in [6.45, 7) is 1.43. The first-order valence-electron chi connectivity index (χ1n) is 8.72.